The van der Waals surface area contributed by atoms with Crippen molar-refractivity contribution in [2.45, 2.75) is 37.5 Å². The van der Waals surface area contributed by atoms with Crippen LogP contribution in [0.3, 0.4) is 0 Å². The van der Waals surface area contributed by atoms with E-state index in [1.165, 1.54) is 12.1 Å². The molecule has 5 heteroatoms. The monoisotopic (exact) mass is 292 g/mol. The summed E-state index contributed by atoms with van der Waals surface area (Å²) < 4.78 is 26.7. The lowest BCUT2D eigenvalue weighted by Crippen LogP contribution is -2.32. The van der Waals surface area contributed by atoms with E-state index in [-0.39, 0.29) is 4.90 Å². The van der Waals surface area contributed by atoms with Gasteiger partial charge in [-0.3, -0.25) is 0 Å². The second-order valence-electron chi connectivity index (χ2n) is 5.25. The molecule has 0 aromatic heterocycles. The third-order valence-electron chi connectivity index (χ3n) is 4.01. The number of benzene rings is 1. The van der Waals surface area contributed by atoms with Gasteiger partial charge >= 0.3 is 0 Å². The van der Waals surface area contributed by atoms with Crippen molar-refractivity contribution < 1.29 is 8.42 Å². The van der Waals surface area contributed by atoms with Crippen molar-refractivity contribution in [1.82, 2.24) is 4.31 Å². The van der Waals surface area contributed by atoms with E-state index in [2.05, 4.69) is 6.92 Å². The summed E-state index contributed by atoms with van der Waals surface area (Å²) in [5.74, 6) is 0.635. The van der Waals surface area contributed by atoms with Crippen LogP contribution in [0.4, 0.5) is 0 Å². The van der Waals surface area contributed by atoms with Crippen LogP contribution >= 0.6 is 0 Å². The van der Waals surface area contributed by atoms with Crippen molar-refractivity contribution in [3.05, 3.63) is 29.8 Å². The van der Waals surface area contributed by atoms with Gasteiger partial charge in [0.1, 0.15) is 0 Å². The molecule has 1 heterocycles. The first-order chi connectivity index (χ1) is 9.57. The van der Waals surface area contributed by atoms with Gasteiger partial charge in [0.25, 0.3) is 0 Å². The lowest BCUT2D eigenvalue weighted by Gasteiger charge is -2.20. The molecule has 1 atom stereocenters. The van der Waals surface area contributed by atoms with E-state index in [0.717, 1.165) is 25.7 Å². The van der Waals surface area contributed by atoms with Crippen molar-refractivity contribution in [3.63, 3.8) is 0 Å². The Balaban J connectivity index is 2.19. The molecular formula is C15H20N2O2S. The molecule has 0 N–H and O–H groups in total. The highest BCUT2D eigenvalue weighted by molar-refractivity contribution is 7.89. The van der Waals surface area contributed by atoms with Crippen LogP contribution in [0.2, 0.25) is 0 Å². The van der Waals surface area contributed by atoms with Crippen LogP contribution in [0.25, 0.3) is 0 Å². The first-order valence-corrected chi connectivity index (χ1v) is 8.52. The van der Waals surface area contributed by atoms with E-state index in [1.807, 2.05) is 6.07 Å². The van der Waals surface area contributed by atoms with E-state index in [0.29, 0.717) is 24.6 Å². The van der Waals surface area contributed by atoms with Crippen molar-refractivity contribution in [2.24, 2.45) is 5.92 Å². The molecule has 1 unspecified atom stereocenters. The summed E-state index contributed by atoms with van der Waals surface area (Å²) in [7, 11) is -3.42. The zero-order valence-corrected chi connectivity index (χ0v) is 12.6. The summed E-state index contributed by atoms with van der Waals surface area (Å²) in [4.78, 5) is 0.284. The normalized spacial score (nSPS) is 21.1. The molecule has 1 aliphatic rings. The van der Waals surface area contributed by atoms with Gasteiger partial charge < -0.3 is 0 Å². The van der Waals surface area contributed by atoms with Crippen LogP contribution in [-0.4, -0.2) is 25.8 Å². The summed E-state index contributed by atoms with van der Waals surface area (Å²) in [5.41, 5.74) is 0.478. The Bertz CT molecular complexity index is 587. The minimum atomic E-state index is -3.42. The quantitative estimate of drug-likeness (QED) is 0.860. The van der Waals surface area contributed by atoms with Crippen molar-refractivity contribution in [3.8, 4) is 6.07 Å². The van der Waals surface area contributed by atoms with E-state index >= 15 is 0 Å². The molecule has 2 rings (SSSR count). The molecule has 0 aliphatic carbocycles. The Hall–Kier alpha value is -1.38. The zero-order chi connectivity index (χ0) is 14.6. The predicted octanol–water partition coefficient (Wildman–Crippen LogP) is 2.76. The van der Waals surface area contributed by atoms with Crippen molar-refractivity contribution >= 4 is 10.0 Å². The average molecular weight is 292 g/mol. The molecular weight excluding hydrogens is 272 g/mol. The van der Waals surface area contributed by atoms with Crippen LogP contribution < -0.4 is 0 Å². The maximum absolute atomic E-state index is 12.6. The molecule has 1 saturated heterocycles. The highest BCUT2D eigenvalue weighted by atomic mass is 32.2. The first-order valence-electron chi connectivity index (χ1n) is 7.08. The molecule has 1 fully saturated rings. The van der Waals surface area contributed by atoms with E-state index < -0.39 is 10.0 Å². The molecule has 108 valence electrons. The van der Waals surface area contributed by atoms with Crippen LogP contribution in [-0.2, 0) is 10.0 Å². The number of nitriles is 1. The molecule has 0 amide bonds. The summed E-state index contributed by atoms with van der Waals surface area (Å²) in [6, 6.07) is 8.16. The standard InChI is InChI=1S/C15H20N2O2S/c1-2-13-4-3-10-17(11-9-13)20(18,19)15-7-5-14(12-16)6-8-15/h5-8,13H,2-4,9-11H2,1H3. The molecule has 0 bridgehead atoms. The zero-order valence-electron chi connectivity index (χ0n) is 11.7. The smallest absolute Gasteiger partial charge is 0.207 e. The SMILES string of the molecule is CCC1CCCN(S(=O)(=O)c2ccc(C#N)cc2)CC1. The summed E-state index contributed by atoms with van der Waals surface area (Å²) in [6.45, 7) is 3.36. The molecule has 1 aromatic rings. The number of hydrogen-bond acceptors (Lipinski definition) is 3. The van der Waals surface area contributed by atoms with Gasteiger partial charge in [0, 0.05) is 13.1 Å². The maximum Gasteiger partial charge on any atom is 0.243 e. The summed E-state index contributed by atoms with van der Waals surface area (Å²) in [6.07, 6.45) is 4.08. The molecule has 0 radical (unpaired) electrons. The number of nitrogens with zero attached hydrogens (tertiary/aromatic N) is 2. The average Bonchev–Trinajstić information content (AvgIpc) is 2.73. The van der Waals surface area contributed by atoms with Gasteiger partial charge in [-0.2, -0.15) is 9.57 Å². The molecule has 1 aromatic carbocycles. The fourth-order valence-electron chi connectivity index (χ4n) is 2.64. The molecule has 4 nitrogen and oxygen atoms in total. The molecule has 0 saturated carbocycles. The Morgan fingerprint density at radius 2 is 1.95 bits per heavy atom. The third-order valence-corrected chi connectivity index (χ3v) is 5.92. The Morgan fingerprint density at radius 3 is 2.55 bits per heavy atom. The van der Waals surface area contributed by atoms with Crippen LogP contribution in [0, 0.1) is 17.2 Å². The predicted molar refractivity (Wildman–Crippen MR) is 77.5 cm³/mol. The van der Waals surface area contributed by atoms with Gasteiger partial charge in [-0.25, -0.2) is 8.42 Å². The highest BCUT2D eigenvalue weighted by Gasteiger charge is 2.26. The van der Waals surface area contributed by atoms with Gasteiger partial charge in [0.05, 0.1) is 16.5 Å². The fraction of sp³-hybridized carbons (Fsp3) is 0.533. The van der Waals surface area contributed by atoms with Gasteiger partial charge in [-0.05, 0) is 49.4 Å². The third kappa shape index (κ3) is 3.20. The van der Waals surface area contributed by atoms with Crippen molar-refractivity contribution in [1.29, 1.82) is 5.26 Å². The highest BCUT2D eigenvalue weighted by Crippen LogP contribution is 2.24. The fourth-order valence-corrected chi connectivity index (χ4v) is 4.13. The molecule has 0 spiro atoms. The van der Waals surface area contributed by atoms with Gasteiger partial charge in [-0.1, -0.05) is 13.3 Å². The van der Waals surface area contributed by atoms with Crippen molar-refractivity contribution in [2.75, 3.05) is 13.1 Å². The second-order valence-corrected chi connectivity index (χ2v) is 7.18. The van der Waals surface area contributed by atoms with Gasteiger partial charge in [0.2, 0.25) is 10.0 Å². The minimum Gasteiger partial charge on any atom is -0.207 e. The second kappa shape index (κ2) is 6.38. The first kappa shape index (κ1) is 15.0. The minimum absolute atomic E-state index is 0.284. The topological polar surface area (TPSA) is 61.2 Å². The van der Waals surface area contributed by atoms with Crippen LogP contribution in [0.15, 0.2) is 29.2 Å². The molecule has 20 heavy (non-hydrogen) atoms. The Labute approximate surface area is 121 Å². The largest absolute Gasteiger partial charge is 0.243 e. The summed E-state index contributed by atoms with van der Waals surface area (Å²) >= 11 is 0. The maximum atomic E-state index is 12.6. The number of sulfonamides is 1. The Kier molecular flexibility index (Phi) is 4.79. The van der Waals surface area contributed by atoms with E-state index in [1.54, 1.807) is 16.4 Å². The molecule has 1 aliphatic heterocycles. The summed E-state index contributed by atoms with van der Waals surface area (Å²) in [5, 5.41) is 8.76. The van der Waals surface area contributed by atoms with Crippen LogP contribution in [0.5, 0.6) is 0 Å². The van der Waals surface area contributed by atoms with Gasteiger partial charge in [0.15, 0.2) is 0 Å². The number of hydrogen-bond donors (Lipinski definition) is 0. The van der Waals surface area contributed by atoms with Gasteiger partial charge in [-0.15, -0.1) is 0 Å². The lowest BCUT2D eigenvalue weighted by atomic mass is 9.98. The van der Waals surface area contributed by atoms with E-state index in [9.17, 15) is 8.42 Å². The Morgan fingerprint density at radius 1 is 1.25 bits per heavy atom. The van der Waals surface area contributed by atoms with E-state index in [4.69, 9.17) is 5.26 Å². The van der Waals surface area contributed by atoms with Crippen LogP contribution in [0.1, 0.15) is 38.2 Å². The lowest BCUT2D eigenvalue weighted by molar-refractivity contribution is 0.407. The number of rotatable bonds is 3.